The first-order valence-corrected chi connectivity index (χ1v) is 6.19. The minimum atomic E-state index is -2.51. The van der Waals surface area contributed by atoms with Gasteiger partial charge in [0.05, 0.1) is 24.6 Å². The molecule has 0 unspecified atom stereocenters. The van der Waals surface area contributed by atoms with Crippen LogP contribution in [-0.4, -0.2) is 30.5 Å². The molecule has 96 valence electrons. The van der Waals surface area contributed by atoms with Crippen molar-refractivity contribution in [3.8, 4) is 0 Å². The third-order valence-corrected chi connectivity index (χ3v) is 2.73. The highest BCUT2D eigenvalue weighted by Gasteiger charge is 2.07. The van der Waals surface area contributed by atoms with Crippen molar-refractivity contribution >= 4 is 34.0 Å². The molecule has 17 heavy (non-hydrogen) atoms. The van der Waals surface area contributed by atoms with Crippen LogP contribution in [0.25, 0.3) is 0 Å². The third kappa shape index (κ3) is 5.90. The van der Waals surface area contributed by atoms with Gasteiger partial charge >= 0.3 is 0 Å². The summed E-state index contributed by atoms with van der Waals surface area (Å²) in [6, 6.07) is 0. The lowest BCUT2D eigenvalue weighted by atomic mass is 10.4. The Balaban J connectivity index is 2.20. The summed E-state index contributed by atoms with van der Waals surface area (Å²) < 4.78 is 28.0. The number of alkyl halides is 3. The number of hydrogen-bond donors (Lipinski definition) is 1. The predicted octanol–water partition coefficient (Wildman–Crippen LogP) is 2.49. The minimum absolute atomic E-state index is 0.0164. The van der Waals surface area contributed by atoms with Crippen molar-refractivity contribution in [1.29, 1.82) is 0 Å². The Hall–Kier alpha value is -0.790. The fourth-order valence-corrected chi connectivity index (χ4v) is 1.90. The van der Waals surface area contributed by atoms with Crippen LogP contribution in [0.5, 0.6) is 0 Å². The molecule has 1 N–H and O–H groups in total. The van der Waals surface area contributed by atoms with Gasteiger partial charge in [0.25, 0.3) is 6.43 Å². The van der Waals surface area contributed by atoms with Gasteiger partial charge in [0.15, 0.2) is 5.13 Å². The van der Waals surface area contributed by atoms with Crippen LogP contribution in [0.3, 0.4) is 0 Å². The molecule has 1 amide bonds. The highest BCUT2D eigenvalue weighted by molar-refractivity contribution is 7.13. The molecule has 0 atom stereocenters. The number of nitrogens with one attached hydrogen (secondary N) is 1. The normalized spacial score (nSPS) is 10.8. The van der Waals surface area contributed by atoms with Crippen LogP contribution in [0.2, 0.25) is 0 Å². The van der Waals surface area contributed by atoms with Crippen molar-refractivity contribution in [2.45, 2.75) is 18.7 Å². The Morgan fingerprint density at radius 2 is 2.41 bits per heavy atom. The average Bonchev–Trinajstić information content (AvgIpc) is 2.72. The lowest BCUT2D eigenvalue weighted by Gasteiger charge is -2.03. The fraction of sp³-hybridized carbons (Fsp3) is 0.556. The molecule has 8 heteroatoms. The van der Waals surface area contributed by atoms with Gasteiger partial charge in [-0.05, 0) is 0 Å². The molecule has 1 rings (SSSR count). The number of carbonyl (C=O) groups excluding carboxylic acids is 1. The van der Waals surface area contributed by atoms with Crippen molar-refractivity contribution in [1.82, 2.24) is 4.98 Å². The summed E-state index contributed by atoms with van der Waals surface area (Å²) in [6.07, 6.45) is -2.49. The molecule has 0 aliphatic carbocycles. The summed E-state index contributed by atoms with van der Waals surface area (Å²) in [5, 5.41) is 4.70. The SMILES string of the molecule is O=C(CCOCC(F)F)Nc1nc(CCl)cs1. The van der Waals surface area contributed by atoms with Crippen LogP contribution in [0, 0.1) is 0 Å². The number of halogens is 3. The van der Waals surface area contributed by atoms with Crippen molar-refractivity contribution < 1.29 is 18.3 Å². The largest absolute Gasteiger partial charge is 0.375 e. The highest BCUT2D eigenvalue weighted by atomic mass is 35.5. The topological polar surface area (TPSA) is 51.2 Å². The van der Waals surface area contributed by atoms with E-state index < -0.39 is 13.0 Å². The maximum Gasteiger partial charge on any atom is 0.261 e. The second-order valence-electron chi connectivity index (χ2n) is 3.04. The second-order valence-corrected chi connectivity index (χ2v) is 4.17. The highest BCUT2D eigenvalue weighted by Crippen LogP contribution is 2.16. The van der Waals surface area contributed by atoms with E-state index in [4.69, 9.17) is 11.6 Å². The van der Waals surface area contributed by atoms with Gasteiger partial charge in [0, 0.05) is 5.38 Å². The van der Waals surface area contributed by atoms with E-state index in [-0.39, 0.29) is 24.8 Å². The van der Waals surface area contributed by atoms with Gasteiger partial charge in [-0.3, -0.25) is 4.79 Å². The third-order valence-electron chi connectivity index (χ3n) is 1.65. The smallest absolute Gasteiger partial charge is 0.261 e. The molecule has 0 spiro atoms. The first-order valence-electron chi connectivity index (χ1n) is 4.78. The average molecular weight is 285 g/mol. The summed E-state index contributed by atoms with van der Waals surface area (Å²) in [6.45, 7) is -0.690. The van der Waals surface area contributed by atoms with Crippen molar-refractivity contribution in [2.24, 2.45) is 0 Å². The second kappa shape index (κ2) is 7.52. The molecule has 4 nitrogen and oxygen atoms in total. The van der Waals surface area contributed by atoms with E-state index in [1.807, 2.05) is 0 Å². The van der Waals surface area contributed by atoms with Crippen LogP contribution in [0.4, 0.5) is 13.9 Å². The number of rotatable bonds is 7. The number of thiazole rings is 1. The molecule has 0 aliphatic rings. The van der Waals surface area contributed by atoms with Crippen molar-refractivity contribution in [3.63, 3.8) is 0 Å². The molecule has 0 saturated carbocycles. The lowest BCUT2D eigenvalue weighted by Crippen LogP contribution is -2.15. The molecule has 0 saturated heterocycles. The number of ether oxygens (including phenoxy) is 1. The van der Waals surface area contributed by atoms with Gasteiger partial charge in [-0.1, -0.05) is 0 Å². The van der Waals surface area contributed by atoms with E-state index in [1.54, 1.807) is 5.38 Å². The molecular weight excluding hydrogens is 274 g/mol. The molecule has 1 aromatic heterocycles. The fourth-order valence-electron chi connectivity index (χ4n) is 0.945. The number of carbonyl (C=O) groups is 1. The van der Waals surface area contributed by atoms with E-state index in [0.29, 0.717) is 10.8 Å². The van der Waals surface area contributed by atoms with E-state index in [2.05, 4.69) is 15.0 Å². The first kappa shape index (κ1) is 14.3. The van der Waals surface area contributed by atoms with Gasteiger partial charge in [-0.2, -0.15) is 0 Å². The Bertz CT molecular complexity index is 363. The number of amides is 1. The molecule has 0 radical (unpaired) electrons. The number of hydrogen-bond acceptors (Lipinski definition) is 4. The van der Waals surface area contributed by atoms with Crippen molar-refractivity contribution in [3.05, 3.63) is 11.1 Å². The summed E-state index contributed by atoms with van der Waals surface area (Å²) >= 11 is 6.81. The molecule has 0 aromatic carbocycles. The molecule has 1 heterocycles. The van der Waals surface area contributed by atoms with E-state index in [1.165, 1.54) is 11.3 Å². The Morgan fingerprint density at radius 1 is 1.65 bits per heavy atom. The maximum atomic E-state index is 11.7. The monoisotopic (exact) mass is 284 g/mol. The van der Waals surface area contributed by atoms with Crippen LogP contribution < -0.4 is 5.32 Å². The summed E-state index contributed by atoms with van der Waals surface area (Å²) in [5.74, 6) is -0.0427. The zero-order valence-electron chi connectivity index (χ0n) is 8.79. The van der Waals surface area contributed by atoms with Gasteiger partial charge in [0.2, 0.25) is 5.91 Å². The van der Waals surface area contributed by atoms with Crippen molar-refractivity contribution in [2.75, 3.05) is 18.5 Å². The van der Waals surface area contributed by atoms with E-state index >= 15 is 0 Å². The number of nitrogens with zero attached hydrogens (tertiary/aromatic N) is 1. The van der Waals surface area contributed by atoms with E-state index in [9.17, 15) is 13.6 Å². The Morgan fingerprint density at radius 3 is 3.00 bits per heavy atom. The zero-order chi connectivity index (χ0) is 12.7. The van der Waals surface area contributed by atoms with Crippen LogP contribution in [0.1, 0.15) is 12.1 Å². The summed E-state index contributed by atoms with van der Waals surface area (Å²) in [5.41, 5.74) is 0.681. The van der Waals surface area contributed by atoms with Crippen LogP contribution in [-0.2, 0) is 15.4 Å². The summed E-state index contributed by atoms with van der Waals surface area (Å²) in [7, 11) is 0. The minimum Gasteiger partial charge on any atom is -0.375 e. The van der Waals surface area contributed by atoms with Crippen LogP contribution in [0.15, 0.2) is 5.38 Å². The standard InChI is InChI=1S/C9H11ClF2N2O2S/c10-3-6-5-17-9(13-6)14-8(15)1-2-16-4-7(11)12/h5,7H,1-4H2,(H,13,14,15). The molecule has 1 aromatic rings. The number of anilines is 1. The Kier molecular flexibility index (Phi) is 6.31. The summed E-state index contributed by atoms with van der Waals surface area (Å²) in [4.78, 5) is 15.3. The zero-order valence-corrected chi connectivity index (χ0v) is 10.4. The van der Waals surface area contributed by atoms with Gasteiger partial charge in [-0.25, -0.2) is 13.8 Å². The van der Waals surface area contributed by atoms with E-state index in [0.717, 1.165) is 0 Å². The Labute approximate surface area is 106 Å². The van der Waals surface area contributed by atoms with Gasteiger partial charge in [-0.15, -0.1) is 22.9 Å². The van der Waals surface area contributed by atoms with Gasteiger partial charge < -0.3 is 10.1 Å². The molecule has 0 fully saturated rings. The maximum absolute atomic E-state index is 11.7. The predicted molar refractivity (Wildman–Crippen MR) is 61.7 cm³/mol. The quantitative estimate of drug-likeness (QED) is 0.618. The van der Waals surface area contributed by atoms with Crippen LogP contribution >= 0.6 is 22.9 Å². The first-order chi connectivity index (χ1) is 8.11. The van der Waals surface area contributed by atoms with Gasteiger partial charge in [0.1, 0.15) is 6.61 Å². The molecule has 0 bridgehead atoms. The number of aromatic nitrogens is 1. The lowest BCUT2D eigenvalue weighted by molar-refractivity contribution is -0.117. The molecular formula is C9H11ClF2N2O2S. The molecule has 0 aliphatic heterocycles.